The third-order valence-electron chi connectivity index (χ3n) is 3.29. The van der Waals surface area contributed by atoms with Crippen molar-refractivity contribution in [3.63, 3.8) is 0 Å². The second-order valence-electron chi connectivity index (χ2n) is 4.32. The van der Waals surface area contributed by atoms with Crippen molar-refractivity contribution in [3.8, 4) is 0 Å². The molecule has 3 aliphatic rings. The van der Waals surface area contributed by atoms with E-state index in [9.17, 15) is 0 Å². The Morgan fingerprint density at radius 2 is 2.37 bits per heavy atom. The molecule has 0 radical (unpaired) electrons. The van der Waals surface area contributed by atoms with Gasteiger partial charge in [0.1, 0.15) is 28.1 Å². The molecule has 1 aromatic heterocycles. The summed E-state index contributed by atoms with van der Waals surface area (Å²) in [6, 6.07) is 0. The fourth-order valence-electron chi connectivity index (χ4n) is 2.35. The molecule has 0 saturated carbocycles. The van der Waals surface area contributed by atoms with E-state index in [1.807, 2.05) is 16.1 Å². The van der Waals surface area contributed by atoms with Crippen molar-refractivity contribution in [3.05, 3.63) is 28.7 Å². The van der Waals surface area contributed by atoms with E-state index < -0.39 is 0 Å². The van der Waals surface area contributed by atoms with Gasteiger partial charge in [0.25, 0.3) is 0 Å². The highest BCUT2D eigenvalue weighted by molar-refractivity contribution is 7.81. The normalized spacial score (nSPS) is 23.5. The van der Waals surface area contributed by atoms with E-state index in [-0.39, 0.29) is 5.37 Å². The summed E-state index contributed by atoms with van der Waals surface area (Å²) in [5, 5.41) is 14.7. The summed E-state index contributed by atoms with van der Waals surface area (Å²) in [4.78, 5) is 10.9. The summed E-state index contributed by atoms with van der Waals surface area (Å²) in [6.45, 7) is 2.88. The molecule has 3 aliphatic heterocycles. The minimum atomic E-state index is -0.240. The van der Waals surface area contributed by atoms with Gasteiger partial charge in [-0.1, -0.05) is 0 Å². The van der Waals surface area contributed by atoms with Gasteiger partial charge < -0.3 is 0 Å². The number of hydrogen-bond acceptors (Lipinski definition) is 7. The van der Waals surface area contributed by atoms with E-state index in [4.69, 9.17) is 0 Å². The number of nitrogens with one attached hydrogen (secondary N) is 1. The Labute approximate surface area is 114 Å². The van der Waals surface area contributed by atoms with Crippen molar-refractivity contribution < 1.29 is 0 Å². The molecule has 8 heteroatoms. The lowest BCUT2D eigenvalue weighted by atomic mass is 10.1. The van der Waals surface area contributed by atoms with Crippen LogP contribution in [0.3, 0.4) is 0 Å². The smallest absolute Gasteiger partial charge is 0.232 e. The molecule has 0 bridgehead atoms. The van der Waals surface area contributed by atoms with Crippen LogP contribution in [0.15, 0.2) is 33.1 Å². The SMILES string of the molecule is CCN1C=NN2C1=NC=C1C2=c2[nH]ncc2=NC1S. The minimum absolute atomic E-state index is 0.240. The van der Waals surface area contributed by atoms with Crippen molar-refractivity contribution >= 4 is 30.6 Å². The van der Waals surface area contributed by atoms with Crippen LogP contribution >= 0.6 is 12.6 Å². The summed E-state index contributed by atoms with van der Waals surface area (Å²) in [6.07, 6.45) is 5.28. The predicted molar refractivity (Wildman–Crippen MR) is 73.8 cm³/mol. The molecule has 7 nitrogen and oxygen atoms in total. The van der Waals surface area contributed by atoms with Crippen LogP contribution in [-0.4, -0.2) is 44.3 Å². The van der Waals surface area contributed by atoms with Gasteiger partial charge in [-0.15, -0.1) is 12.6 Å². The van der Waals surface area contributed by atoms with E-state index in [2.05, 4.69) is 44.8 Å². The molecule has 0 amide bonds. The zero-order valence-electron chi connectivity index (χ0n) is 10.1. The third-order valence-corrected chi connectivity index (χ3v) is 3.69. The van der Waals surface area contributed by atoms with Gasteiger partial charge in [-0.3, -0.25) is 15.0 Å². The van der Waals surface area contributed by atoms with Crippen LogP contribution in [0.5, 0.6) is 0 Å². The summed E-state index contributed by atoms with van der Waals surface area (Å²) < 4.78 is 0. The van der Waals surface area contributed by atoms with E-state index in [0.29, 0.717) is 0 Å². The van der Waals surface area contributed by atoms with Crippen LogP contribution < -0.4 is 10.7 Å². The van der Waals surface area contributed by atoms with Crippen LogP contribution in [-0.2, 0) is 0 Å². The quantitative estimate of drug-likeness (QED) is 0.661. The minimum Gasteiger partial charge on any atom is -0.300 e. The number of H-pyrrole nitrogens is 1. The molecule has 96 valence electrons. The lowest BCUT2D eigenvalue weighted by Crippen LogP contribution is -2.43. The molecule has 1 atom stereocenters. The molecule has 0 aromatic carbocycles. The largest absolute Gasteiger partial charge is 0.300 e. The molecule has 1 N–H and O–H groups in total. The Morgan fingerprint density at radius 1 is 1.47 bits per heavy atom. The first-order valence-electron chi connectivity index (χ1n) is 5.98. The highest BCUT2D eigenvalue weighted by Crippen LogP contribution is 2.30. The maximum absolute atomic E-state index is 4.50. The summed E-state index contributed by atoms with van der Waals surface area (Å²) in [7, 11) is 0. The number of aromatic nitrogens is 2. The van der Waals surface area contributed by atoms with Crippen molar-refractivity contribution in [1.82, 2.24) is 20.1 Å². The second kappa shape index (κ2) is 3.70. The second-order valence-corrected chi connectivity index (χ2v) is 4.81. The van der Waals surface area contributed by atoms with Crippen LogP contribution in [0.1, 0.15) is 6.92 Å². The van der Waals surface area contributed by atoms with E-state index in [0.717, 1.165) is 34.5 Å². The number of hydrogen-bond donors (Lipinski definition) is 2. The average molecular weight is 273 g/mol. The van der Waals surface area contributed by atoms with Crippen molar-refractivity contribution in [1.29, 1.82) is 0 Å². The fourth-order valence-corrected chi connectivity index (χ4v) is 2.67. The molecular formula is C11H11N7S. The number of thiol groups is 1. The fraction of sp³-hybridized carbons (Fsp3) is 0.273. The first-order valence-corrected chi connectivity index (χ1v) is 6.50. The van der Waals surface area contributed by atoms with Crippen molar-refractivity contribution in [2.45, 2.75) is 12.3 Å². The first-order chi connectivity index (χ1) is 9.29. The molecule has 4 heterocycles. The molecular weight excluding hydrogens is 262 g/mol. The van der Waals surface area contributed by atoms with E-state index >= 15 is 0 Å². The molecule has 0 spiro atoms. The van der Waals surface area contributed by atoms with Crippen LogP contribution in [0.4, 0.5) is 0 Å². The molecule has 1 aromatic rings. The van der Waals surface area contributed by atoms with Gasteiger partial charge in [0.05, 0.1) is 6.20 Å². The number of rotatable bonds is 1. The van der Waals surface area contributed by atoms with Crippen LogP contribution in [0.2, 0.25) is 0 Å². The molecule has 0 aliphatic carbocycles. The zero-order chi connectivity index (χ0) is 13.0. The third kappa shape index (κ3) is 1.34. The highest BCUT2D eigenvalue weighted by Gasteiger charge is 2.34. The molecule has 4 rings (SSSR count). The molecule has 0 fully saturated rings. The van der Waals surface area contributed by atoms with Crippen molar-refractivity contribution in [2.24, 2.45) is 15.1 Å². The Balaban J connectivity index is 2.01. The Hall–Kier alpha value is -2.09. The van der Waals surface area contributed by atoms with Gasteiger partial charge in [-0.05, 0) is 6.92 Å². The summed E-state index contributed by atoms with van der Waals surface area (Å²) >= 11 is 4.50. The number of nitrogens with zero attached hydrogens (tertiary/aromatic N) is 6. The maximum Gasteiger partial charge on any atom is 0.232 e. The Kier molecular flexibility index (Phi) is 2.10. The van der Waals surface area contributed by atoms with Gasteiger partial charge in [0.2, 0.25) is 5.96 Å². The Bertz CT molecular complexity index is 756. The Morgan fingerprint density at radius 3 is 3.21 bits per heavy atom. The van der Waals surface area contributed by atoms with E-state index in [1.165, 1.54) is 0 Å². The van der Waals surface area contributed by atoms with Crippen molar-refractivity contribution in [2.75, 3.05) is 6.54 Å². The molecule has 1 unspecified atom stereocenters. The number of aliphatic imine (C=N–C) groups is 1. The predicted octanol–water partition coefficient (Wildman–Crippen LogP) is -0.759. The van der Waals surface area contributed by atoms with Crippen LogP contribution in [0.25, 0.3) is 5.70 Å². The van der Waals surface area contributed by atoms with Crippen LogP contribution in [0, 0.1) is 0 Å². The van der Waals surface area contributed by atoms with Gasteiger partial charge in [-0.25, -0.2) is 4.99 Å². The monoisotopic (exact) mass is 273 g/mol. The number of aromatic amines is 1. The molecule has 19 heavy (non-hydrogen) atoms. The summed E-state index contributed by atoms with van der Waals surface area (Å²) in [5.41, 5.74) is 1.86. The summed E-state index contributed by atoms with van der Waals surface area (Å²) in [5.74, 6) is 0.796. The topological polar surface area (TPSA) is 72.2 Å². The maximum atomic E-state index is 4.50. The van der Waals surface area contributed by atoms with Gasteiger partial charge in [0, 0.05) is 18.3 Å². The highest BCUT2D eigenvalue weighted by atomic mass is 32.1. The lowest BCUT2D eigenvalue weighted by molar-refractivity contribution is 0.558. The number of guanidine groups is 1. The molecule has 0 saturated heterocycles. The van der Waals surface area contributed by atoms with E-state index in [1.54, 1.807) is 12.5 Å². The van der Waals surface area contributed by atoms with Gasteiger partial charge >= 0.3 is 0 Å². The van der Waals surface area contributed by atoms with Gasteiger partial charge in [-0.2, -0.15) is 15.2 Å². The number of fused-ring (bicyclic) bond motifs is 4. The first kappa shape index (κ1) is 10.8. The average Bonchev–Trinajstić information content (AvgIpc) is 3.03. The lowest BCUT2D eigenvalue weighted by Gasteiger charge is -2.28. The number of hydrazone groups is 1. The zero-order valence-corrected chi connectivity index (χ0v) is 11.0. The standard InChI is InChI=1S/C11H11N7S/c1-2-17-5-14-18-9-6(3-12-11(17)18)10(19)15-7-4-13-16-8(7)9/h3-5,10,16,19H,2H2,1H3. The van der Waals surface area contributed by atoms with Gasteiger partial charge in [0.15, 0.2) is 0 Å².